The van der Waals surface area contributed by atoms with Crippen molar-refractivity contribution in [1.29, 1.82) is 0 Å². The van der Waals surface area contributed by atoms with Crippen LogP contribution in [0.15, 0.2) is 30.3 Å². The lowest BCUT2D eigenvalue weighted by Crippen LogP contribution is -2.24. The van der Waals surface area contributed by atoms with E-state index >= 15 is 0 Å². The topological polar surface area (TPSA) is 63.2 Å². The van der Waals surface area contributed by atoms with Crippen molar-refractivity contribution in [3.8, 4) is 0 Å². The molecule has 0 aliphatic rings. The van der Waals surface area contributed by atoms with Gasteiger partial charge in [-0.25, -0.2) is 9.78 Å². The molecule has 1 aromatic heterocycles. The Kier molecular flexibility index (Phi) is 5.41. The van der Waals surface area contributed by atoms with Gasteiger partial charge in [0.05, 0.1) is 7.11 Å². The summed E-state index contributed by atoms with van der Waals surface area (Å²) in [5, 5.41) is 7.28. The minimum absolute atomic E-state index is 0.165. The fourth-order valence-electron chi connectivity index (χ4n) is 1.71. The van der Waals surface area contributed by atoms with Gasteiger partial charge in [-0.3, -0.25) is 0 Å². The van der Waals surface area contributed by atoms with Gasteiger partial charge in [0.15, 0.2) is 15.2 Å². The summed E-state index contributed by atoms with van der Waals surface area (Å²) in [5.41, 5.74) is 1.05. The van der Waals surface area contributed by atoms with Crippen LogP contribution in [0.5, 0.6) is 0 Å². The van der Waals surface area contributed by atoms with Crippen molar-refractivity contribution in [3.63, 3.8) is 0 Å². The highest BCUT2D eigenvalue weighted by Crippen LogP contribution is 2.27. The molecule has 0 saturated carbocycles. The first-order valence-electron chi connectivity index (χ1n) is 6.40. The molecule has 0 spiro atoms. The van der Waals surface area contributed by atoms with Crippen molar-refractivity contribution in [2.75, 3.05) is 24.3 Å². The lowest BCUT2D eigenvalue weighted by Gasteiger charge is -2.15. The summed E-state index contributed by atoms with van der Waals surface area (Å²) < 4.78 is 4.64. The van der Waals surface area contributed by atoms with Gasteiger partial charge in [0.25, 0.3) is 0 Å². The second-order valence-corrected chi connectivity index (χ2v) is 5.78. The third-order valence-corrected chi connectivity index (χ3v) is 4.08. The molecule has 1 atom stereocenters. The van der Waals surface area contributed by atoms with Crippen molar-refractivity contribution in [2.45, 2.75) is 13.0 Å². The smallest absolute Gasteiger partial charge is 0.351 e. The molecule has 0 saturated heterocycles. The van der Waals surface area contributed by atoms with Crippen LogP contribution < -0.4 is 10.6 Å². The molecular formula is C14H16ClN3O2S. The molecule has 1 unspecified atom stereocenters. The molecule has 2 N–H and O–H groups in total. The van der Waals surface area contributed by atoms with Crippen molar-refractivity contribution >= 4 is 39.7 Å². The Morgan fingerprint density at radius 3 is 2.81 bits per heavy atom. The Hall–Kier alpha value is -1.79. The second kappa shape index (κ2) is 7.28. The molecule has 0 aliphatic heterocycles. The average molecular weight is 326 g/mol. The van der Waals surface area contributed by atoms with Gasteiger partial charge in [-0.2, -0.15) is 0 Å². The number of aromatic nitrogens is 1. The number of methoxy groups -OCH3 is 1. The standard InChI is InChI=1S/C14H16ClN3O2S/c1-9(17-10-6-4-3-5-7-10)8-16-14-18-12(15)11(21-14)13(19)20-2/h3-7,9,17H,8H2,1-2H3,(H,16,18). The Labute approximate surface area is 132 Å². The summed E-state index contributed by atoms with van der Waals surface area (Å²) in [5.74, 6) is -0.471. The first-order chi connectivity index (χ1) is 10.1. The number of para-hydroxylation sites is 1. The van der Waals surface area contributed by atoms with Crippen molar-refractivity contribution < 1.29 is 9.53 Å². The van der Waals surface area contributed by atoms with Crippen LogP contribution in [-0.2, 0) is 4.74 Å². The molecule has 1 heterocycles. The zero-order valence-electron chi connectivity index (χ0n) is 11.7. The molecule has 0 radical (unpaired) electrons. The molecule has 21 heavy (non-hydrogen) atoms. The number of benzene rings is 1. The van der Waals surface area contributed by atoms with E-state index in [0.717, 1.165) is 5.69 Å². The number of hydrogen-bond donors (Lipinski definition) is 2. The molecule has 0 bridgehead atoms. The monoisotopic (exact) mass is 325 g/mol. The Morgan fingerprint density at radius 2 is 2.14 bits per heavy atom. The number of ether oxygens (including phenoxy) is 1. The van der Waals surface area contributed by atoms with Crippen LogP contribution >= 0.6 is 22.9 Å². The molecule has 1 aromatic carbocycles. The number of thiazole rings is 1. The number of anilines is 2. The van der Waals surface area contributed by atoms with Gasteiger partial charge in [-0.1, -0.05) is 41.1 Å². The molecule has 5 nitrogen and oxygen atoms in total. The number of nitrogens with zero attached hydrogens (tertiary/aromatic N) is 1. The van der Waals surface area contributed by atoms with Gasteiger partial charge in [0.1, 0.15) is 0 Å². The molecule has 2 rings (SSSR count). The number of carbonyl (C=O) groups is 1. The minimum Gasteiger partial charge on any atom is -0.465 e. The summed E-state index contributed by atoms with van der Waals surface area (Å²) in [7, 11) is 1.32. The Balaban J connectivity index is 1.89. The zero-order valence-corrected chi connectivity index (χ0v) is 13.3. The van der Waals surface area contributed by atoms with Crippen LogP contribution in [0.1, 0.15) is 16.6 Å². The highest BCUT2D eigenvalue weighted by Gasteiger charge is 2.17. The normalized spacial score (nSPS) is 11.8. The quantitative estimate of drug-likeness (QED) is 0.796. The minimum atomic E-state index is -0.471. The van der Waals surface area contributed by atoms with E-state index in [-0.39, 0.29) is 11.2 Å². The van der Waals surface area contributed by atoms with Crippen LogP contribution in [0.25, 0.3) is 0 Å². The van der Waals surface area contributed by atoms with Gasteiger partial charge in [0.2, 0.25) is 0 Å². The largest absolute Gasteiger partial charge is 0.465 e. The fourth-order valence-corrected chi connectivity index (χ4v) is 2.82. The highest BCUT2D eigenvalue weighted by molar-refractivity contribution is 7.18. The second-order valence-electron chi connectivity index (χ2n) is 4.42. The van der Waals surface area contributed by atoms with Crippen molar-refractivity contribution in [1.82, 2.24) is 4.98 Å². The van der Waals surface area contributed by atoms with Crippen molar-refractivity contribution in [3.05, 3.63) is 40.4 Å². The maximum Gasteiger partial charge on any atom is 0.351 e. The number of esters is 1. The lowest BCUT2D eigenvalue weighted by molar-refractivity contribution is 0.0606. The summed E-state index contributed by atoms with van der Waals surface area (Å²) in [4.78, 5) is 15.9. The maximum atomic E-state index is 11.5. The number of nitrogens with one attached hydrogen (secondary N) is 2. The van der Waals surface area contributed by atoms with Crippen LogP contribution in [0.2, 0.25) is 5.15 Å². The molecular weight excluding hydrogens is 310 g/mol. The summed E-state index contributed by atoms with van der Waals surface area (Å²) in [6.07, 6.45) is 0. The van der Waals surface area contributed by atoms with E-state index in [1.807, 2.05) is 30.3 Å². The van der Waals surface area contributed by atoms with E-state index < -0.39 is 5.97 Å². The van der Waals surface area contributed by atoms with E-state index in [4.69, 9.17) is 11.6 Å². The predicted molar refractivity (Wildman–Crippen MR) is 86.5 cm³/mol. The number of rotatable bonds is 6. The van der Waals surface area contributed by atoms with E-state index in [1.165, 1.54) is 18.4 Å². The Morgan fingerprint density at radius 1 is 1.43 bits per heavy atom. The van der Waals surface area contributed by atoms with Crippen molar-refractivity contribution in [2.24, 2.45) is 0 Å². The zero-order chi connectivity index (χ0) is 15.2. The van der Waals surface area contributed by atoms with Crippen LogP contribution in [-0.4, -0.2) is 30.6 Å². The van der Waals surface area contributed by atoms with E-state index in [1.54, 1.807) is 0 Å². The molecule has 7 heteroatoms. The van der Waals surface area contributed by atoms with Gasteiger partial charge in [-0.15, -0.1) is 0 Å². The van der Waals surface area contributed by atoms with Gasteiger partial charge in [-0.05, 0) is 19.1 Å². The number of hydrogen-bond acceptors (Lipinski definition) is 6. The molecule has 0 aliphatic carbocycles. The van der Waals surface area contributed by atoms with Gasteiger partial charge in [0, 0.05) is 18.3 Å². The number of halogens is 1. The highest BCUT2D eigenvalue weighted by atomic mass is 35.5. The number of carbonyl (C=O) groups excluding carboxylic acids is 1. The van der Waals surface area contributed by atoms with Gasteiger partial charge < -0.3 is 15.4 Å². The SMILES string of the molecule is COC(=O)c1sc(NCC(C)Nc2ccccc2)nc1Cl. The molecule has 2 aromatic rings. The average Bonchev–Trinajstić information content (AvgIpc) is 2.86. The molecule has 0 fully saturated rings. The summed E-state index contributed by atoms with van der Waals surface area (Å²) in [6.45, 7) is 2.70. The Bertz CT molecular complexity index is 604. The van der Waals surface area contributed by atoms with Crippen LogP contribution in [0.4, 0.5) is 10.8 Å². The van der Waals surface area contributed by atoms with Crippen LogP contribution in [0, 0.1) is 0 Å². The van der Waals surface area contributed by atoms with E-state index in [9.17, 15) is 4.79 Å². The lowest BCUT2D eigenvalue weighted by atomic mass is 10.2. The maximum absolute atomic E-state index is 11.5. The first kappa shape index (κ1) is 15.6. The fraction of sp³-hybridized carbons (Fsp3) is 0.286. The summed E-state index contributed by atoms with van der Waals surface area (Å²) in [6, 6.07) is 10.1. The molecule has 0 amide bonds. The van der Waals surface area contributed by atoms with E-state index in [2.05, 4.69) is 27.3 Å². The first-order valence-corrected chi connectivity index (χ1v) is 7.59. The van der Waals surface area contributed by atoms with Gasteiger partial charge >= 0.3 is 5.97 Å². The molecule has 112 valence electrons. The third-order valence-electron chi connectivity index (χ3n) is 2.70. The third kappa shape index (κ3) is 4.34. The summed E-state index contributed by atoms with van der Waals surface area (Å²) >= 11 is 7.09. The van der Waals surface area contributed by atoms with E-state index in [0.29, 0.717) is 16.6 Å². The predicted octanol–water partition coefficient (Wildman–Crippen LogP) is 3.50. The van der Waals surface area contributed by atoms with Crippen LogP contribution in [0.3, 0.4) is 0 Å².